The molecule has 142 valence electrons. The number of rotatable bonds is 7. The van der Waals surface area contributed by atoms with Crippen molar-refractivity contribution in [3.63, 3.8) is 0 Å². The van der Waals surface area contributed by atoms with Gasteiger partial charge in [-0.15, -0.1) is 0 Å². The Hall–Kier alpha value is -3.54. The summed E-state index contributed by atoms with van der Waals surface area (Å²) in [6.45, 7) is 0.460. The van der Waals surface area contributed by atoms with Gasteiger partial charge in [-0.05, 0) is 36.6 Å². The summed E-state index contributed by atoms with van der Waals surface area (Å²) in [6, 6.07) is 8.98. The fourth-order valence-corrected chi connectivity index (χ4v) is 2.93. The second-order valence-electron chi connectivity index (χ2n) is 6.40. The van der Waals surface area contributed by atoms with E-state index >= 15 is 0 Å². The number of hydrogen-bond acceptors (Lipinski definition) is 5. The molecule has 1 amide bonds. The highest BCUT2D eigenvalue weighted by Crippen LogP contribution is 2.18. The van der Waals surface area contributed by atoms with Crippen molar-refractivity contribution in [1.82, 2.24) is 15.3 Å². The summed E-state index contributed by atoms with van der Waals surface area (Å²) in [6.07, 6.45) is 13.3. The van der Waals surface area contributed by atoms with Gasteiger partial charge in [-0.1, -0.05) is 36.4 Å². The lowest BCUT2D eigenvalue weighted by Crippen LogP contribution is -2.27. The molecule has 0 saturated heterocycles. The molecule has 3 rings (SSSR count). The second kappa shape index (κ2) is 9.41. The molecule has 1 aliphatic carbocycles. The highest BCUT2D eigenvalue weighted by atomic mass is 16.1. The molecular weight excluding hydrogens is 350 g/mol. The quantitative estimate of drug-likeness (QED) is 0.649. The van der Waals surface area contributed by atoms with Gasteiger partial charge < -0.3 is 16.5 Å². The van der Waals surface area contributed by atoms with E-state index in [2.05, 4.69) is 15.3 Å². The fourth-order valence-electron chi connectivity index (χ4n) is 2.93. The zero-order valence-corrected chi connectivity index (χ0v) is 15.6. The third-order valence-corrected chi connectivity index (χ3v) is 4.40. The summed E-state index contributed by atoms with van der Waals surface area (Å²) in [5.41, 5.74) is 9.79. The van der Waals surface area contributed by atoms with E-state index in [9.17, 15) is 4.79 Å². The normalized spacial score (nSPS) is 13.7. The van der Waals surface area contributed by atoms with Crippen LogP contribution in [0.4, 0.5) is 0 Å². The van der Waals surface area contributed by atoms with Gasteiger partial charge in [-0.25, -0.2) is 9.97 Å². The van der Waals surface area contributed by atoms with Crippen LogP contribution in [0.25, 0.3) is 5.70 Å². The Morgan fingerprint density at radius 2 is 2.04 bits per heavy atom. The van der Waals surface area contributed by atoms with Gasteiger partial charge in [0.15, 0.2) is 0 Å². The number of allylic oxidation sites excluding steroid dienone is 5. The van der Waals surface area contributed by atoms with Crippen molar-refractivity contribution < 1.29 is 4.79 Å². The van der Waals surface area contributed by atoms with Gasteiger partial charge in [0.05, 0.1) is 5.71 Å². The molecule has 0 spiro atoms. The maximum absolute atomic E-state index is 12.6. The zero-order valence-electron chi connectivity index (χ0n) is 15.6. The predicted octanol–water partition coefficient (Wildman–Crippen LogP) is 3.04. The van der Waals surface area contributed by atoms with Crippen molar-refractivity contribution in [3.8, 4) is 0 Å². The van der Waals surface area contributed by atoms with Crippen LogP contribution in [-0.4, -0.2) is 28.1 Å². The minimum atomic E-state index is -0.204. The third-order valence-electron chi connectivity index (χ3n) is 4.40. The number of nitrogens with one attached hydrogen (secondary N) is 2. The molecular formula is C22H23N5O. The molecule has 0 saturated carbocycles. The highest BCUT2D eigenvalue weighted by molar-refractivity contribution is 6.12. The summed E-state index contributed by atoms with van der Waals surface area (Å²) in [7, 11) is 0. The fraction of sp³-hybridized carbons (Fsp3) is 0.182. The second-order valence-corrected chi connectivity index (χ2v) is 6.40. The van der Waals surface area contributed by atoms with Gasteiger partial charge >= 0.3 is 0 Å². The van der Waals surface area contributed by atoms with E-state index < -0.39 is 0 Å². The van der Waals surface area contributed by atoms with Crippen LogP contribution in [0.3, 0.4) is 0 Å². The smallest absolute Gasteiger partial charge is 0.251 e. The monoisotopic (exact) mass is 373 g/mol. The average Bonchev–Trinajstić information content (AvgIpc) is 2.75. The molecule has 0 aliphatic heterocycles. The van der Waals surface area contributed by atoms with Crippen molar-refractivity contribution in [1.29, 1.82) is 5.41 Å². The first kappa shape index (κ1) is 19.2. The number of hydrogen-bond donors (Lipinski definition) is 3. The molecule has 1 aromatic heterocycles. The molecule has 0 unspecified atom stereocenters. The minimum Gasteiger partial charge on any atom is -0.398 e. The largest absolute Gasteiger partial charge is 0.398 e. The van der Waals surface area contributed by atoms with Crippen LogP contribution in [0.5, 0.6) is 0 Å². The Morgan fingerprint density at radius 3 is 2.75 bits per heavy atom. The number of nitrogens with two attached hydrogens (primary N) is 1. The van der Waals surface area contributed by atoms with Gasteiger partial charge in [0.25, 0.3) is 5.91 Å². The molecule has 0 radical (unpaired) electrons. The summed E-state index contributed by atoms with van der Waals surface area (Å²) < 4.78 is 0. The topological polar surface area (TPSA) is 105 Å². The molecule has 1 heterocycles. The lowest BCUT2D eigenvalue weighted by Gasteiger charge is -2.11. The Morgan fingerprint density at radius 1 is 1.21 bits per heavy atom. The van der Waals surface area contributed by atoms with E-state index in [1.54, 1.807) is 30.5 Å². The van der Waals surface area contributed by atoms with Crippen molar-refractivity contribution in [2.75, 3.05) is 6.54 Å². The van der Waals surface area contributed by atoms with E-state index in [4.69, 9.17) is 11.1 Å². The first-order valence-corrected chi connectivity index (χ1v) is 9.20. The average molecular weight is 373 g/mol. The Labute approximate surface area is 164 Å². The van der Waals surface area contributed by atoms with Crippen molar-refractivity contribution in [3.05, 3.63) is 89.6 Å². The van der Waals surface area contributed by atoms with Crippen molar-refractivity contribution in [2.45, 2.75) is 19.3 Å². The number of carbonyl (C=O) groups is 1. The zero-order chi connectivity index (χ0) is 19.8. The standard InChI is InChI=1S/C22H23N5O/c23-20(16-6-2-1-3-7-16)14-21(24)18-8-4-5-9-19(18)22(28)26-13-11-17-10-12-25-15-27-17/h2,4-10,12,14-15,23H,1,3,11,13,24H2,(H,26,28). The molecule has 1 aliphatic rings. The number of carbonyl (C=O) groups excluding carboxylic acids is 1. The molecule has 28 heavy (non-hydrogen) atoms. The molecule has 2 aromatic rings. The first-order valence-electron chi connectivity index (χ1n) is 9.20. The summed E-state index contributed by atoms with van der Waals surface area (Å²) >= 11 is 0. The van der Waals surface area contributed by atoms with Crippen LogP contribution in [-0.2, 0) is 6.42 Å². The molecule has 0 bridgehead atoms. The third kappa shape index (κ3) is 5.01. The molecule has 6 heteroatoms. The molecule has 4 N–H and O–H groups in total. The van der Waals surface area contributed by atoms with Gasteiger partial charge in [-0.3, -0.25) is 4.79 Å². The lowest BCUT2D eigenvalue weighted by atomic mass is 9.99. The lowest BCUT2D eigenvalue weighted by molar-refractivity contribution is 0.0954. The number of nitrogens with zero attached hydrogens (tertiary/aromatic N) is 2. The van der Waals surface area contributed by atoms with Crippen LogP contribution in [0.15, 0.2) is 72.7 Å². The van der Waals surface area contributed by atoms with E-state index in [-0.39, 0.29) is 5.91 Å². The summed E-state index contributed by atoms with van der Waals surface area (Å²) in [4.78, 5) is 20.7. The van der Waals surface area contributed by atoms with Crippen LogP contribution in [0.2, 0.25) is 0 Å². The highest BCUT2D eigenvalue weighted by Gasteiger charge is 2.13. The van der Waals surface area contributed by atoms with E-state index in [1.807, 2.05) is 30.4 Å². The van der Waals surface area contributed by atoms with Crippen molar-refractivity contribution >= 4 is 17.3 Å². The molecule has 1 aromatic carbocycles. The van der Waals surface area contributed by atoms with Gasteiger partial charge in [-0.2, -0.15) is 0 Å². The van der Waals surface area contributed by atoms with Gasteiger partial charge in [0.1, 0.15) is 6.33 Å². The molecule has 0 atom stereocenters. The maximum Gasteiger partial charge on any atom is 0.251 e. The number of amides is 1. The van der Waals surface area contributed by atoms with E-state index in [1.165, 1.54) is 6.33 Å². The minimum absolute atomic E-state index is 0.204. The van der Waals surface area contributed by atoms with Crippen LogP contribution in [0.1, 0.15) is 34.5 Å². The Bertz CT molecular complexity index is 944. The van der Waals surface area contributed by atoms with Crippen LogP contribution in [0, 0.1) is 5.41 Å². The van der Waals surface area contributed by atoms with Gasteiger partial charge in [0.2, 0.25) is 0 Å². The summed E-state index contributed by atoms with van der Waals surface area (Å²) in [5.74, 6) is -0.204. The maximum atomic E-state index is 12.6. The SMILES string of the molecule is N=C(C=C(N)c1ccccc1C(=O)NCCc1ccncn1)C1=CCCC=C1. The van der Waals surface area contributed by atoms with Crippen LogP contribution >= 0.6 is 0 Å². The van der Waals surface area contributed by atoms with E-state index in [0.29, 0.717) is 35.5 Å². The molecule has 6 nitrogen and oxygen atoms in total. The summed E-state index contributed by atoms with van der Waals surface area (Å²) in [5, 5.41) is 11.2. The number of benzene rings is 1. The van der Waals surface area contributed by atoms with E-state index in [0.717, 1.165) is 24.1 Å². The molecule has 0 fully saturated rings. The first-order chi connectivity index (χ1) is 13.6. The number of aromatic nitrogens is 2. The predicted molar refractivity (Wildman–Crippen MR) is 111 cm³/mol. The van der Waals surface area contributed by atoms with Crippen molar-refractivity contribution in [2.24, 2.45) is 5.73 Å². The Kier molecular flexibility index (Phi) is 6.46. The van der Waals surface area contributed by atoms with Gasteiger partial charge in [0, 0.05) is 41.7 Å². The Balaban J connectivity index is 1.70. The van der Waals surface area contributed by atoms with Crippen LogP contribution < -0.4 is 11.1 Å².